The zero-order chi connectivity index (χ0) is 27.7. The number of nitrogens with zero attached hydrogens (tertiary/aromatic N) is 5. The highest BCUT2D eigenvalue weighted by Gasteiger charge is 2.27. The second-order valence-electron chi connectivity index (χ2n) is 10.6. The van der Waals surface area contributed by atoms with E-state index in [0.29, 0.717) is 0 Å². The highest BCUT2D eigenvalue weighted by molar-refractivity contribution is 5.80. The predicted molar refractivity (Wildman–Crippen MR) is 148 cm³/mol. The number of benzene rings is 2. The number of aryl methyl sites for hydroxylation is 3. The summed E-state index contributed by atoms with van der Waals surface area (Å²) in [4.78, 5) is 18.9. The fourth-order valence-electron chi connectivity index (χ4n) is 5.71. The minimum absolute atomic E-state index is 0.0916. The third-order valence-electron chi connectivity index (χ3n) is 8.08. The molecule has 0 radical (unpaired) electrons. The van der Waals surface area contributed by atoms with Crippen LogP contribution in [-0.2, 0) is 24.4 Å². The van der Waals surface area contributed by atoms with E-state index in [1.54, 1.807) is 13.1 Å². The highest BCUT2D eigenvalue weighted by Crippen LogP contribution is 2.37. The Bertz CT molecular complexity index is 1500. The Hall–Kier alpha value is -3.78. The molecule has 0 aliphatic carbocycles. The van der Waals surface area contributed by atoms with Crippen LogP contribution in [-0.4, -0.2) is 43.5 Å². The first-order chi connectivity index (χ1) is 18.8. The molecule has 1 aliphatic rings. The summed E-state index contributed by atoms with van der Waals surface area (Å²) in [6.07, 6.45) is 4.66. The Balaban J connectivity index is 1.53. The monoisotopic (exact) mass is 526 g/mol. The summed E-state index contributed by atoms with van der Waals surface area (Å²) in [5.41, 5.74) is 8.01. The summed E-state index contributed by atoms with van der Waals surface area (Å²) in [6, 6.07) is 12.3. The average Bonchev–Trinajstić information content (AvgIpc) is 3.27. The van der Waals surface area contributed by atoms with E-state index < -0.39 is 11.9 Å². The van der Waals surface area contributed by atoms with E-state index in [1.165, 1.54) is 11.1 Å². The minimum Gasteiger partial charge on any atom is -0.550 e. The van der Waals surface area contributed by atoms with Gasteiger partial charge in [-0.25, -0.2) is 4.68 Å². The van der Waals surface area contributed by atoms with E-state index >= 15 is 0 Å². The van der Waals surface area contributed by atoms with Crippen LogP contribution < -0.4 is 9.84 Å². The quantitative estimate of drug-likeness (QED) is 0.340. The number of carboxylic acid groups (broad SMARTS) is 1. The van der Waals surface area contributed by atoms with Gasteiger partial charge in [-0.1, -0.05) is 43.3 Å². The van der Waals surface area contributed by atoms with Crippen LogP contribution in [0.4, 0.5) is 0 Å². The van der Waals surface area contributed by atoms with Crippen molar-refractivity contribution in [3.05, 3.63) is 82.2 Å². The number of rotatable bonds is 8. The van der Waals surface area contributed by atoms with Crippen LogP contribution in [0.5, 0.6) is 5.75 Å². The van der Waals surface area contributed by atoms with E-state index in [-0.39, 0.29) is 12.0 Å². The largest absolute Gasteiger partial charge is 0.550 e. The van der Waals surface area contributed by atoms with E-state index in [9.17, 15) is 9.90 Å². The molecule has 2 aromatic heterocycles. The third kappa shape index (κ3) is 5.26. The fraction of sp³-hybridized carbons (Fsp3) is 0.419. The topological polar surface area (TPSA) is 96.2 Å². The van der Waals surface area contributed by atoms with Crippen molar-refractivity contribution < 1.29 is 14.6 Å². The lowest BCUT2D eigenvalue weighted by molar-refractivity contribution is -0.311. The van der Waals surface area contributed by atoms with E-state index in [1.807, 2.05) is 42.9 Å². The van der Waals surface area contributed by atoms with Gasteiger partial charge >= 0.3 is 0 Å². The molecule has 8 nitrogen and oxygen atoms in total. The lowest BCUT2D eigenvalue weighted by Crippen LogP contribution is -2.34. The number of aliphatic carboxylic acids is 1. The lowest BCUT2D eigenvalue weighted by Gasteiger charge is -2.29. The Morgan fingerprint density at radius 2 is 2.00 bits per heavy atom. The highest BCUT2D eigenvalue weighted by atomic mass is 16.5. The van der Waals surface area contributed by atoms with Crippen molar-refractivity contribution >= 4 is 17.0 Å². The van der Waals surface area contributed by atoms with Crippen LogP contribution in [0, 0.1) is 19.8 Å². The number of carbonyl (C=O) groups excluding carboxylic acids is 1. The van der Waals surface area contributed by atoms with Crippen molar-refractivity contribution in [3.63, 3.8) is 0 Å². The van der Waals surface area contributed by atoms with Crippen LogP contribution >= 0.6 is 0 Å². The number of carboxylic acids is 1. The number of pyridine rings is 1. The maximum absolute atomic E-state index is 12.2. The van der Waals surface area contributed by atoms with Gasteiger partial charge < -0.3 is 14.6 Å². The van der Waals surface area contributed by atoms with Crippen LogP contribution in [0.2, 0.25) is 0 Å². The smallest absolute Gasteiger partial charge is 0.127 e. The molecular weight excluding hydrogens is 490 g/mol. The minimum atomic E-state index is -1.07. The van der Waals surface area contributed by atoms with Crippen molar-refractivity contribution in [3.8, 4) is 5.75 Å². The van der Waals surface area contributed by atoms with Crippen molar-refractivity contribution in [1.29, 1.82) is 0 Å². The molecule has 3 heterocycles. The first-order valence-electron chi connectivity index (χ1n) is 13.8. The fourth-order valence-corrected chi connectivity index (χ4v) is 5.71. The molecule has 1 aliphatic heterocycles. The number of hydrogen-bond donors (Lipinski definition) is 0. The zero-order valence-electron chi connectivity index (χ0n) is 23.3. The standard InChI is InChI=1S/C31H37N5O3/c1-6-25-18-35(17-24-15-32-13-12-28(24)39-25)16-23-14-22(9-8-19(23)3)29(21(5)31(37)38)26-10-11-27-30(20(26)4)33-34-36(27)7-2/h8-15,21,25,29H,6-7,16-18H2,1-5H3,(H,37,38)/p-1/t21-,25+,29+/m0/s1. The normalized spacial score (nSPS) is 17.3. The third-order valence-corrected chi connectivity index (χ3v) is 8.08. The van der Waals surface area contributed by atoms with Crippen LogP contribution in [0.1, 0.15) is 66.5 Å². The lowest BCUT2D eigenvalue weighted by atomic mass is 9.79. The Morgan fingerprint density at radius 1 is 1.18 bits per heavy atom. The van der Waals surface area contributed by atoms with Gasteiger partial charge in [-0.2, -0.15) is 0 Å². The van der Waals surface area contributed by atoms with E-state index in [2.05, 4.69) is 52.2 Å². The SMILES string of the molecule is CC[C@@H]1CN(Cc2cc([C@H](c3ccc4c(nnn4CC)c3C)[C@H](C)C(=O)[O-])ccc2C)Cc2cnccc2O1. The van der Waals surface area contributed by atoms with Crippen LogP contribution in [0.3, 0.4) is 0 Å². The summed E-state index contributed by atoms with van der Waals surface area (Å²) in [5.74, 6) is -1.28. The molecule has 3 atom stereocenters. The molecule has 0 N–H and O–H groups in total. The molecule has 39 heavy (non-hydrogen) atoms. The molecule has 4 aromatic rings. The Morgan fingerprint density at radius 3 is 2.74 bits per heavy atom. The van der Waals surface area contributed by atoms with Crippen molar-refractivity contribution in [2.45, 2.75) is 72.7 Å². The second kappa shape index (κ2) is 11.1. The number of ether oxygens (including phenoxy) is 1. The van der Waals surface area contributed by atoms with Gasteiger partial charge in [0.1, 0.15) is 17.4 Å². The first kappa shape index (κ1) is 26.8. The van der Waals surface area contributed by atoms with Gasteiger partial charge in [0.2, 0.25) is 0 Å². The number of aromatic nitrogens is 4. The van der Waals surface area contributed by atoms with Crippen LogP contribution in [0.25, 0.3) is 11.0 Å². The summed E-state index contributed by atoms with van der Waals surface area (Å²) in [5, 5.41) is 20.9. The molecular formula is C31H36N5O3-. The maximum atomic E-state index is 12.2. The summed E-state index contributed by atoms with van der Waals surface area (Å²) < 4.78 is 8.13. The van der Waals surface area contributed by atoms with E-state index in [4.69, 9.17) is 4.74 Å². The van der Waals surface area contributed by atoms with Gasteiger partial charge in [-0.05, 0) is 67.1 Å². The van der Waals surface area contributed by atoms with Crippen LogP contribution in [0.15, 0.2) is 48.8 Å². The Kier molecular flexibility index (Phi) is 7.66. The number of hydrogen-bond acceptors (Lipinski definition) is 7. The van der Waals surface area contributed by atoms with Gasteiger partial charge in [-0.3, -0.25) is 9.88 Å². The summed E-state index contributed by atoms with van der Waals surface area (Å²) in [6.45, 7) is 13.0. The van der Waals surface area contributed by atoms with Gasteiger partial charge in [-0.15, -0.1) is 5.10 Å². The molecule has 0 saturated heterocycles. The number of carbonyl (C=O) groups is 1. The molecule has 2 aromatic carbocycles. The van der Waals surface area contributed by atoms with Crippen molar-refractivity contribution in [2.24, 2.45) is 5.92 Å². The first-order valence-corrected chi connectivity index (χ1v) is 13.8. The maximum Gasteiger partial charge on any atom is 0.127 e. The molecule has 0 unspecified atom stereocenters. The van der Waals surface area contributed by atoms with Crippen molar-refractivity contribution in [1.82, 2.24) is 24.9 Å². The molecule has 0 spiro atoms. The van der Waals surface area contributed by atoms with Crippen molar-refractivity contribution in [2.75, 3.05) is 6.54 Å². The molecule has 0 fully saturated rings. The van der Waals surface area contributed by atoms with E-state index in [0.717, 1.165) is 71.6 Å². The van der Waals surface area contributed by atoms with Gasteiger partial charge in [0.25, 0.3) is 0 Å². The van der Waals surface area contributed by atoms with Gasteiger partial charge in [0.05, 0.1) is 5.52 Å². The molecule has 0 amide bonds. The predicted octanol–water partition coefficient (Wildman–Crippen LogP) is 4.15. The molecule has 8 heteroatoms. The van der Waals surface area contributed by atoms with Gasteiger partial charge in [0, 0.05) is 61.9 Å². The van der Waals surface area contributed by atoms with Gasteiger partial charge in [0.15, 0.2) is 0 Å². The second-order valence-corrected chi connectivity index (χ2v) is 10.6. The molecule has 0 saturated carbocycles. The summed E-state index contributed by atoms with van der Waals surface area (Å²) >= 11 is 0. The average molecular weight is 527 g/mol. The molecule has 204 valence electrons. The number of fused-ring (bicyclic) bond motifs is 2. The molecule has 0 bridgehead atoms. The molecule has 5 rings (SSSR count). The Labute approximate surface area is 229 Å². The summed E-state index contributed by atoms with van der Waals surface area (Å²) in [7, 11) is 0. The zero-order valence-corrected chi connectivity index (χ0v) is 23.3.